The Morgan fingerprint density at radius 1 is 1.07 bits per heavy atom. The SMILES string of the molecule is CC1(C)CC(=O)C2=C(C1)Nc1nonc1N[C@@H]2c1ccc2c(c1)OCCO2. The van der Waals surface area contributed by atoms with E-state index in [1.165, 1.54) is 0 Å². The van der Waals surface area contributed by atoms with Gasteiger partial charge < -0.3 is 20.1 Å². The van der Waals surface area contributed by atoms with Crippen molar-refractivity contribution in [3.05, 3.63) is 35.0 Å². The molecule has 0 spiro atoms. The Bertz CT molecular complexity index is 962. The molecule has 0 amide bonds. The van der Waals surface area contributed by atoms with E-state index in [1.54, 1.807) is 0 Å². The molecule has 1 aliphatic carbocycles. The molecule has 2 aromatic rings. The highest BCUT2D eigenvalue weighted by Crippen LogP contribution is 2.45. The quantitative estimate of drug-likeness (QED) is 0.792. The summed E-state index contributed by atoms with van der Waals surface area (Å²) in [6.07, 6.45) is 1.23. The van der Waals surface area contributed by atoms with Gasteiger partial charge in [0.25, 0.3) is 0 Å². The molecule has 1 aromatic carbocycles. The molecule has 0 radical (unpaired) electrons. The van der Waals surface area contributed by atoms with Crippen molar-refractivity contribution in [2.45, 2.75) is 32.7 Å². The van der Waals surface area contributed by atoms with E-state index in [0.717, 1.165) is 17.7 Å². The predicted molar refractivity (Wildman–Crippen MR) is 96.8 cm³/mol. The molecule has 1 aromatic heterocycles. The van der Waals surface area contributed by atoms with Crippen LogP contribution >= 0.6 is 0 Å². The highest BCUT2D eigenvalue weighted by atomic mass is 16.6. The van der Waals surface area contributed by atoms with E-state index < -0.39 is 0 Å². The Morgan fingerprint density at radius 2 is 1.85 bits per heavy atom. The first-order valence-electron chi connectivity index (χ1n) is 9.02. The van der Waals surface area contributed by atoms with Gasteiger partial charge in [-0.05, 0) is 39.8 Å². The van der Waals surface area contributed by atoms with Crippen LogP contribution in [0.15, 0.2) is 34.1 Å². The van der Waals surface area contributed by atoms with E-state index in [4.69, 9.17) is 14.1 Å². The molecule has 0 saturated heterocycles. The number of hydrogen-bond acceptors (Lipinski definition) is 8. The van der Waals surface area contributed by atoms with Crippen LogP contribution < -0.4 is 20.1 Å². The minimum Gasteiger partial charge on any atom is -0.486 e. The van der Waals surface area contributed by atoms with E-state index in [-0.39, 0.29) is 17.2 Å². The number of aromatic nitrogens is 2. The summed E-state index contributed by atoms with van der Waals surface area (Å²) in [5.74, 6) is 2.49. The van der Waals surface area contributed by atoms with Crippen molar-refractivity contribution in [3.63, 3.8) is 0 Å². The Labute approximate surface area is 155 Å². The van der Waals surface area contributed by atoms with Crippen molar-refractivity contribution in [1.82, 2.24) is 10.3 Å². The van der Waals surface area contributed by atoms with E-state index in [9.17, 15) is 4.79 Å². The van der Waals surface area contributed by atoms with Crippen molar-refractivity contribution >= 4 is 17.4 Å². The number of rotatable bonds is 1. The molecule has 8 heteroatoms. The maximum Gasteiger partial charge on any atom is 0.219 e. The Hall–Kier alpha value is -3.03. The maximum atomic E-state index is 13.1. The average molecular weight is 368 g/mol. The first kappa shape index (κ1) is 16.2. The van der Waals surface area contributed by atoms with E-state index in [2.05, 4.69) is 34.8 Å². The van der Waals surface area contributed by atoms with Gasteiger partial charge in [0.15, 0.2) is 17.3 Å². The number of fused-ring (bicyclic) bond motifs is 2. The van der Waals surface area contributed by atoms with Crippen molar-refractivity contribution in [2.24, 2.45) is 5.41 Å². The fourth-order valence-electron chi connectivity index (χ4n) is 3.99. The molecule has 0 fully saturated rings. The second-order valence-corrected chi connectivity index (χ2v) is 7.90. The topological polar surface area (TPSA) is 98.5 Å². The number of hydrogen-bond donors (Lipinski definition) is 2. The summed E-state index contributed by atoms with van der Waals surface area (Å²) in [7, 11) is 0. The number of carbonyl (C=O) groups is 1. The molecular weight excluding hydrogens is 348 g/mol. The molecular formula is C19H20N4O4. The van der Waals surface area contributed by atoms with Crippen LogP contribution in [-0.4, -0.2) is 29.3 Å². The zero-order valence-corrected chi connectivity index (χ0v) is 15.2. The fourth-order valence-corrected chi connectivity index (χ4v) is 3.99. The number of anilines is 2. The Kier molecular flexibility index (Phi) is 3.43. The lowest BCUT2D eigenvalue weighted by Gasteiger charge is -2.34. The summed E-state index contributed by atoms with van der Waals surface area (Å²) < 4.78 is 16.2. The molecule has 2 aliphatic heterocycles. The lowest BCUT2D eigenvalue weighted by atomic mass is 9.73. The maximum absolute atomic E-state index is 13.1. The van der Waals surface area contributed by atoms with Crippen LogP contribution in [0.25, 0.3) is 0 Å². The summed E-state index contributed by atoms with van der Waals surface area (Å²) >= 11 is 0. The summed E-state index contributed by atoms with van der Waals surface area (Å²) in [6, 6.07) is 5.37. The van der Waals surface area contributed by atoms with Crippen LogP contribution in [0.2, 0.25) is 0 Å². The van der Waals surface area contributed by atoms with Gasteiger partial charge in [0.1, 0.15) is 13.2 Å². The van der Waals surface area contributed by atoms with E-state index in [0.29, 0.717) is 48.3 Å². The van der Waals surface area contributed by atoms with Gasteiger partial charge in [-0.3, -0.25) is 4.79 Å². The molecule has 140 valence electrons. The van der Waals surface area contributed by atoms with Gasteiger partial charge in [-0.15, -0.1) is 0 Å². The van der Waals surface area contributed by atoms with Gasteiger partial charge in [0.05, 0.1) is 6.04 Å². The highest BCUT2D eigenvalue weighted by Gasteiger charge is 2.40. The van der Waals surface area contributed by atoms with Crippen LogP contribution in [-0.2, 0) is 4.79 Å². The van der Waals surface area contributed by atoms with Gasteiger partial charge in [0.2, 0.25) is 11.6 Å². The minimum absolute atomic E-state index is 0.114. The van der Waals surface area contributed by atoms with E-state index in [1.807, 2.05) is 18.2 Å². The van der Waals surface area contributed by atoms with Crippen LogP contribution in [0, 0.1) is 5.41 Å². The van der Waals surface area contributed by atoms with Gasteiger partial charge >= 0.3 is 0 Å². The lowest BCUT2D eigenvalue weighted by molar-refractivity contribution is -0.118. The van der Waals surface area contributed by atoms with Crippen LogP contribution in [0.3, 0.4) is 0 Å². The van der Waals surface area contributed by atoms with Gasteiger partial charge in [-0.1, -0.05) is 19.9 Å². The van der Waals surface area contributed by atoms with Crippen LogP contribution in [0.4, 0.5) is 11.6 Å². The zero-order chi connectivity index (χ0) is 18.6. The molecule has 0 bridgehead atoms. The molecule has 0 unspecified atom stereocenters. The molecule has 0 saturated carbocycles. The fraction of sp³-hybridized carbons (Fsp3) is 0.421. The molecule has 1 atom stereocenters. The summed E-state index contributed by atoms with van der Waals surface area (Å²) in [6.45, 7) is 5.23. The molecule has 8 nitrogen and oxygen atoms in total. The van der Waals surface area contributed by atoms with Crippen molar-refractivity contribution in [1.29, 1.82) is 0 Å². The van der Waals surface area contributed by atoms with Gasteiger partial charge in [-0.25, -0.2) is 4.63 Å². The summed E-state index contributed by atoms with van der Waals surface area (Å²) in [5.41, 5.74) is 2.35. The monoisotopic (exact) mass is 368 g/mol. The third-order valence-electron chi connectivity index (χ3n) is 5.15. The zero-order valence-electron chi connectivity index (χ0n) is 15.2. The third kappa shape index (κ3) is 2.72. The largest absolute Gasteiger partial charge is 0.486 e. The number of benzene rings is 1. The molecule has 3 aliphatic rings. The number of ether oxygens (including phenoxy) is 2. The first-order chi connectivity index (χ1) is 13.0. The number of nitrogens with one attached hydrogen (secondary N) is 2. The number of ketones is 1. The predicted octanol–water partition coefficient (Wildman–Crippen LogP) is 3.06. The Balaban J connectivity index is 1.64. The van der Waals surface area contributed by atoms with Crippen LogP contribution in [0.5, 0.6) is 11.5 Å². The summed E-state index contributed by atoms with van der Waals surface area (Å²) in [4.78, 5) is 13.1. The van der Waals surface area contributed by atoms with Gasteiger partial charge in [-0.2, -0.15) is 0 Å². The standard InChI is InChI=1S/C19H20N4O4/c1-19(2)8-11-15(12(24)9-19)16(21-18-17(20-11)22-27-23-18)10-3-4-13-14(7-10)26-6-5-25-13/h3-4,7,16H,5-6,8-9H2,1-2H3,(H,20,22)(H,21,23)/t16-/m1/s1. The molecule has 3 heterocycles. The lowest BCUT2D eigenvalue weighted by Crippen LogP contribution is -2.31. The number of Topliss-reactive ketones (excluding diaryl/α,β-unsaturated/α-hetero) is 1. The van der Waals surface area contributed by atoms with Gasteiger partial charge in [0, 0.05) is 17.7 Å². The number of nitrogens with zero attached hydrogens (tertiary/aromatic N) is 2. The molecule has 27 heavy (non-hydrogen) atoms. The number of allylic oxidation sites excluding steroid dienone is 1. The first-order valence-corrected chi connectivity index (χ1v) is 9.02. The minimum atomic E-state index is -0.375. The second kappa shape index (κ2) is 5.73. The van der Waals surface area contributed by atoms with Crippen molar-refractivity contribution in [2.75, 3.05) is 23.8 Å². The summed E-state index contributed by atoms with van der Waals surface area (Å²) in [5, 5.41) is 14.5. The second-order valence-electron chi connectivity index (χ2n) is 7.90. The van der Waals surface area contributed by atoms with E-state index >= 15 is 0 Å². The Morgan fingerprint density at radius 3 is 2.70 bits per heavy atom. The highest BCUT2D eigenvalue weighted by molar-refractivity contribution is 6.00. The van der Waals surface area contributed by atoms with Crippen molar-refractivity contribution < 1.29 is 18.9 Å². The normalized spacial score (nSPS) is 22.9. The van der Waals surface area contributed by atoms with Crippen LogP contribution in [0.1, 0.15) is 38.3 Å². The van der Waals surface area contributed by atoms with Crippen molar-refractivity contribution in [3.8, 4) is 11.5 Å². The number of carbonyl (C=O) groups excluding carboxylic acids is 1. The molecule has 2 N–H and O–H groups in total. The smallest absolute Gasteiger partial charge is 0.219 e. The molecule has 5 rings (SSSR count). The third-order valence-corrected chi connectivity index (χ3v) is 5.15. The average Bonchev–Trinajstić information content (AvgIpc) is 2.99.